The fraction of sp³-hybridized carbons (Fsp3) is 0.579. The predicted octanol–water partition coefficient (Wildman–Crippen LogP) is 3.52. The van der Waals surface area contributed by atoms with Crippen molar-refractivity contribution in [2.24, 2.45) is 0 Å². The van der Waals surface area contributed by atoms with E-state index in [9.17, 15) is 9.59 Å². The number of carbonyl (C=O) groups is 2. The molecular formula is C19H27NO3. The molecule has 0 unspecified atom stereocenters. The molecule has 1 saturated carbocycles. The molecule has 4 heteroatoms. The van der Waals surface area contributed by atoms with Crippen LogP contribution >= 0.6 is 0 Å². The number of benzene rings is 1. The number of carboxylic acid groups (broad SMARTS) is 1. The highest BCUT2D eigenvalue weighted by Gasteiger charge is 2.42. The van der Waals surface area contributed by atoms with Gasteiger partial charge in [0.1, 0.15) is 0 Å². The van der Waals surface area contributed by atoms with Crippen molar-refractivity contribution in [2.75, 3.05) is 13.6 Å². The van der Waals surface area contributed by atoms with Gasteiger partial charge >= 0.3 is 5.97 Å². The van der Waals surface area contributed by atoms with Crippen LogP contribution in [0, 0.1) is 6.92 Å². The van der Waals surface area contributed by atoms with E-state index in [0.717, 1.165) is 31.2 Å². The Bertz CT molecular complexity index is 561. The van der Waals surface area contributed by atoms with Gasteiger partial charge in [-0.25, -0.2) is 0 Å². The van der Waals surface area contributed by atoms with E-state index in [1.807, 2.05) is 6.07 Å². The maximum Gasteiger partial charge on any atom is 0.303 e. The van der Waals surface area contributed by atoms with Crippen molar-refractivity contribution in [3.8, 4) is 0 Å². The number of aliphatic carboxylic acids is 1. The van der Waals surface area contributed by atoms with E-state index in [1.54, 1.807) is 11.9 Å². The van der Waals surface area contributed by atoms with Crippen LogP contribution in [-0.4, -0.2) is 35.5 Å². The summed E-state index contributed by atoms with van der Waals surface area (Å²) in [5.41, 5.74) is 1.86. The lowest BCUT2D eigenvalue weighted by Crippen LogP contribution is -2.47. The zero-order valence-electron chi connectivity index (χ0n) is 14.2. The number of aryl methyl sites for hydroxylation is 1. The standard InChI is InChI=1S/C19H27NO3/c1-15-8-6-9-16(14-15)19(11-4-3-5-12-19)18(23)20(2)13-7-10-17(21)22/h6,8-9,14H,3-5,7,10-13H2,1-2H3,(H,21,22). The molecule has 1 aromatic carbocycles. The van der Waals surface area contributed by atoms with Crippen LogP contribution in [0.25, 0.3) is 0 Å². The Morgan fingerprint density at radius 2 is 1.91 bits per heavy atom. The molecule has 0 aliphatic heterocycles. The van der Waals surface area contributed by atoms with Gasteiger partial charge in [-0.15, -0.1) is 0 Å². The number of nitrogens with zero attached hydrogens (tertiary/aromatic N) is 1. The Morgan fingerprint density at radius 3 is 2.52 bits per heavy atom. The Morgan fingerprint density at radius 1 is 1.22 bits per heavy atom. The largest absolute Gasteiger partial charge is 0.481 e. The Kier molecular flexibility index (Phi) is 5.80. The minimum Gasteiger partial charge on any atom is -0.481 e. The number of rotatable bonds is 6. The molecule has 23 heavy (non-hydrogen) atoms. The molecule has 0 radical (unpaired) electrons. The summed E-state index contributed by atoms with van der Waals surface area (Å²) < 4.78 is 0. The predicted molar refractivity (Wildman–Crippen MR) is 90.4 cm³/mol. The number of carbonyl (C=O) groups excluding carboxylic acids is 1. The molecule has 1 aromatic rings. The Hall–Kier alpha value is -1.84. The van der Waals surface area contributed by atoms with Gasteiger partial charge in [-0.05, 0) is 31.7 Å². The summed E-state index contributed by atoms with van der Waals surface area (Å²) >= 11 is 0. The summed E-state index contributed by atoms with van der Waals surface area (Å²) in [7, 11) is 1.80. The number of likely N-dealkylation sites (N-methyl/N-ethyl adjacent to an activating group) is 1. The lowest BCUT2D eigenvalue weighted by atomic mass is 9.68. The summed E-state index contributed by atoms with van der Waals surface area (Å²) in [6, 6.07) is 8.29. The van der Waals surface area contributed by atoms with Gasteiger partial charge in [0, 0.05) is 20.0 Å². The second kappa shape index (κ2) is 7.62. The third kappa shape index (κ3) is 4.12. The molecule has 0 spiro atoms. The van der Waals surface area contributed by atoms with Gasteiger partial charge in [0.25, 0.3) is 0 Å². The van der Waals surface area contributed by atoms with Crippen molar-refractivity contribution in [1.29, 1.82) is 0 Å². The molecular weight excluding hydrogens is 290 g/mol. The van der Waals surface area contributed by atoms with Crippen LogP contribution in [0.15, 0.2) is 24.3 Å². The van der Waals surface area contributed by atoms with E-state index in [2.05, 4.69) is 25.1 Å². The van der Waals surface area contributed by atoms with Gasteiger partial charge in [0.05, 0.1) is 5.41 Å². The fourth-order valence-electron chi connectivity index (χ4n) is 3.66. The van der Waals surface area contributed by atoms with Crippen molar-refractivity contribution in [1.82, 2.24) is 4.90 Å². The molecule has 1 amide bonds. The van der Waals surface area contributed by atoms with Gasteiger partial charge in [0.2, 0.25) is 5.91 Å². The molecule has 1 aliphatic carbocycles. The second-order valence-corrected chi connectivity index (χ2v) is 6.74. The van der Waals surface area contributed by atoms with Crippen LogP contribution in [0.2, 0.25) is 0 Å². The maximum absolute atomic E-state index is 13.2. The van der Waals surface area contributed by atoms with Gasteiger partial charge in [-0.1, -0.05) is 49.1 Å². The monoisotopic (exact) mass is 317 g/mol. The minimum atomic E-state index is -0.808. The van der Waals surface area contributed by atoms with E-state index in [0.29, 0.717) is 13.0 Å². The molecule has 1 N–H and O–H groups in total. The number of carboxylic acids is 1. The van der Waals surface area contributed by atoms with Gasteiger partial charge in [-0.2, -0.15) is 0 Å². The number of hydrogen-bond acceptors (Lipinski definition) is 2. The van der Waals surface area contributed by atoms with Crippen LogP contribution < -0.4 is 0 Å². The van der Waals surface area contributed by atoms with E-state index in [1.165, 1.54) is 12.0 Å². The highest BCUT2D eigenvalue weighted by molar-refractivity contribution is 5.88. The first-order valence-electron chi connectivity index (χ1n) is 8.50. The maximum atomic E-state index is 13.2. The summed E-state index contributed by atoms with van der Waals surface area (Å²) in [5.74, 6) is -0.662. The average Bonchev–Trinajstić information content (AvgIpc) is 2.54. The molecule has 0 saturated heterocycles. The molecule has 2 rings (SSSR count). The fourth-order valence-corrected chi connectivity index (χ4v) is 3.66. The van der Waals surface area contributed by atoms with E-state index in [-0.39, 0.29) is 12.3 Å². The summed E-state index contributed by atoms with van der Waals surface area (Å²) in [6.07, 6.45) is 5.71. The molecule has 0 heterocycles. The molecule has 0 bridgehead atoms. The number of amides is 1. The van der Waals surface area contributed by atoms with Crippen LogP contribution in [0.3, 0.4) is 0 Å². The molecule has 0 atom stereocenters. The van der Waals surface area contributed by atoms with Crippen molar-refractivity contribution in [2.45, 2.75) is 57.3 Å². The van der Waals surface area contributed by atoms with Crippen LogP contribution in [0.4, 0.5) is 0 Å². The third-order valence-electron chi connectivity index (χ3n) is 4.92. The van der Waals surface area contributed by atoms with E-state index >= 15 is 0 Å². The van der Waals surface area contributed by atoms with Gasteiger partial charge in [-0.3, -0.25) is 9.59 Å². The SMILES string of the molecule is Cc1cccc(C2(C(=O)N(C)CCCC(=O)O)CCCCC2)c1. The topological polar surface area (TPSA) is 57.6 Å². The second-order valence-electron chi connectivity index (χ2n) is 6.74. The molecule has 4 nitrogen and oxygen atoms in total. The van der Waals surface area contributed by atoms with Crippen LogP contribution in [-0.2, 0) is 15.0 Å². The normalized spacial score (nSPS) is 16.8. The minimum absolute atomic E-state index is 0.106. The molecule has 126 valence electrons. The summed E-state index contributed by atoms with van der Waals surface area (Å²) in [4.78, 5) is 25.6. The first-order chi connectivity index (χ1) is 11.0. The summed E-state index contributed by atoms with van der Waals surface area (Å²) in [6.45, 7) is 2.56. The molecule has 1 aliphatic rings. The first-order valence-corrected chi connectivity index (χ1v) is 8.50. The van der Waals surface area contributed by atoms with E-state index < -0.39 is 11.4 Å². The van der Waals surface area contributed by atoms with Crippen molar-refractivity contribution >= 4 is 11.9 Å². The average molecular weight is 317 g/mol. The smallest absolute Gasteiger partial charge is 0.303 e. The molecule has 1 fully saturated rings. The van der Waals surface area contributed by atoms with E-state index in [4.69, 9.17) is 5.11 Å². The third-order valence-corrected chi connectivity index (χ3v) is 4.92. The zero-order valence-corrected chi connectivity index (χ0v) is 14.2. The summed E-state index contributed by atoms with van der Waals surface area (Å²) in [5, 5.41) is 8.77. The lowest BCUT2D eigenvalue weighted by molar-refractivity contribution is -0.140. The van der Waals surface area contributed by atoms with Crippen LogP contribution in [0.1, 0.15) is 56.1 Å². The Labute approximate surface area is 138 Å². The zero-order chi connectivity index (χ0) is 16.9. The first kappa shape index (κ1) is 17.5. The molecule has 0 aromatic heterocycles. The van der Waals surface area contributed by atoms with Crippen molar-refractivity contribution in [3.05, 3.63) is 35.4 Å². The quantitative estimate of drug-likeness (QED) is 0.873. The van der Waals surface area contributed by atoms with Gasteiger partial charge < -0.3 is 10.0 Å². The van der Waals surface area contributed by atoms with Crippen molar-refractivity contribution < 1.29 is 14.7 Å². The Balaban J connectivity index is 2.20. The highest BCUT2D eigenvalue weighted by Crippen LogP contribution is 2.41. The lowest BCUT2D eigenvalue weighted by Gasteiger charge is -2.39. The van der Waals surface area contributed by atoms with Gasteiger partial charge in [0.15, 0.2) is 0 Å². The van der Waals surface area contributed by atoms with Crippen LogP contribution in [0.5, 0.6) is 0 Å². The van der Waals surface area contributed by atoms with Crippen molar-refractivity contribution in [3.63, 3.8) is 0 Å². The highest BCUT2D eigenvalue weighted by atomic mass is 16.4. The number of hydrogen-bond donors (Lipinski definition) is 1.